The van der Waals surface area contributed by atoms with E-state index >= 15 is 0 Å². The second-order valence-corrected chi connectivity index (χ2v) is 5.52. The van der Waals surface area contributed by atoms with E-state index in [1.165, 1.54) is 32.1 Å². The largest absolute Gasteiger partial charge is 0.466 e. The Bertz CT molecular complexity index is 399. The van der Waals surface area contributed by atoms with Gasteiger partial charge in [-0.15, -0.1) is 0 Å². The molecule has 0 spiro atoms. The molecule has 0 unspecified atom stereocenters. The van der Waals surface area contributed by atoms with Gasteiger partial charge in [0.15, 0.2) is 0 Å². The standard InChI is InChI=1S/C17H25NO2/c1-2-20-17(19)13-16(14-9-5-3-6-10-14)18-15-11-7-4-8-12-15/h4,7-8,11-12,14,16,18H,2-3,5-6,9-10,13H2,1H3/t16-/m0/s1. The molecule has 0 aromatic heterocycles. The van der Waals surface area contributed by atoms with E-state index in [1.54, 1.807) is 0 Å². The number of ether oxygens (including phenoxy) is 1. The summed E-state index contributed by atoms with van der Waals surface area (Å²) in [5.74, 6) is 0.486. The predicted molar refractivity (Wildman–Crippen MR) is 81.7 cm³/mol. The smallest absolute Gasteiger partial charge is 0.307 e. The Balaban J connectivity index is 2.00. The number of carbonyl (C=O) groups excluding carboxylic acids is 1. The molecular weight excluding hydrogens is 250 g/mol. The number of anilines is 1. The lowest BCUT2D eigenvalue weighted by molar-refractivity contribution is -0.143. The molecule has 1 aliphatic rings. The van der Waals surface area contributed by atoms with Crippen LogP contribution in [-0.4, -0.2) is 18.6 Å². The lowest BCUT2D eigenvalue weighted by Gasteiger charge is -2.31. The average molecular weight is 275 g/mol. The molecule has 3 heteroatoms. The number of carbonyl (C=O) groups is 1. The minimum Gasteiger partial charge on any atom is -0.466 e. The molecule has 110 valence electrons. The van der Waals surface area contributed by atoms with Gasteiger partial charge in [0.05, 0.1) is 13.0 Å². The number of hydrogen-bond acceptors (Lipinski definition) is 3. The molecule has 3 nitrogen and oxygen atoms in total. The molecule has 1 atom stereocenters. The predicted octanol–water partition coefficient (Wildman–Crippen LogP) is 4.00. The summed E-state index contributed by atoms with van der Waals surface area (Å²) in [5, 5.41) is 3.54. The Kier molecular flexibility index (Phi) is 5.90. The highest BCUT2D eigenvalue weighted by atomic mass is 16.5. The third-order valence-electron chi connectivity index (χ3n) is 4.04. The van der Waals surface area contributed by atoms with E-state index < -0.39 is 0 Å². The zero-order valence-corrected chi connectivity index (χ0v) is 12.3. The van der Waals surface area contributed by atoms with Crippen molar-refractivity contribution in [2.24, 2.45) is 5.92 Å². The van der Waals surface area contributed by atoms with Gasteiger partial charge in [-0.3, -0.25) is 4.79 Å². The van der Waals surface area contributed by atoms with Crippen molar-refractivity contribution >= 4 is 11.7 Å². The molecule has 2 rings (SSSR count). The Hall–Kier alpha value is -1.51. The highest BCUT2D eigenvalue weighted by Crippen LogP contribution is 2.29. The van der Waals surface area contributed by atoms with Crippen molar-refractivity contribution in [1.82, 2.24) is 0 Å². The number of esters is 1. The van der Waals surface area contributed by atoms with Crippen LogP contribution in [0.1, 0.15) is 45.4 Å². The van der Waals surface area contributed by atoms with Crippen molar-refractivity contribution in [2.75, 3.05) is 11.9 Å². The zero-order chi connectivity index (χ0) is 14.2. The fraction of sp³-hybridized carbons (Fsp3) is 0.588. The lowest BCUT2D eigenvalue weighted by atomic mass is 9.82. The SMILES string of the molecule is CCOC(=O)C[C@H](Nc1ccccc1)C1CCCCC1. The topological polar surface area (TPSA) is 38.3 Å². The third kappa shape index (κ3) is 4.55. The lowest BCUT2D eigenvalue weighted by Crippen LogP contribution is -2.33. The number of para-hydroxylation sites is 1. The Morgan fingerprint density at radius 1 is 1.25 bits per heavy atom. The zero-order valence-electron chi connectivity index (χ0n) is 12.3. The van der Waals surface area contributed by atoms with Crippen molar-refractivity contribution in [3.05, 3.63) is 30.3 Å². The van der Waals surface area contributed by atoms with Crippen molar-refractivity contribution in [2.45, 2.75) is 51.5 Å². The first-order chi connectivity index (χ1) is 9.79. The van der Waals surface area contributed by atoms with E-state index in [2.05, 4.69) is 17.4 Å². The van der Waals surface area contributed by atoms with Crippen molar-refractivity contribution in [3.63, 3.8) is 0 Å². The van der Waals surface area contributed by atoms with E-state index in [1.807, 2.05) is 25.1 Å². The highest BCUT2D eigenvalue weighted by molar-refractivity contribution is 5.70. The summed E-state index contributed by atoms with van der Waals surface area (Å²) in [6.45, 7) is 2.32. The van der Waals surface area contributed by atoms with Crippen molar-refractivity contribution < 1.29 is 9.53 Å². The van der Waals surface area contributed by atoms with E-state index in [4.69, 9.17) is 4.74 Å². The average Bonchev–Trinajstić information content (AvgIpc) is 2.49. The van der Waals surface area contributed by atoms with Crippen LogP contribution in [0.2, 0.25) is 0 Å². The van der Waals surface area contributed by atoms with Crippen LogP contribution in [0.4, 0.5) is 5.69 Å². The highest BCUT2D eigenvalue weighted by Gasteiger charge is 2.26. The summed E-state index contributed by atoms with van der Waals surface area (Å²) >= 11 is 0. The summed E-state index contributed by atoms with van der Waals surface area (Å²) < 4.78 is 5.12. The van der Waals surface area contributed by atoms with Crippen molar-refractivity contribution in [3.8, 4) is 0 Å². The van der Waals surface area contributed by atoms with Gasteiger partial charge in [-0.2, -0.15) is 0 Å². The summed E-state index contributed by atoms with van der Waals surface area (Å²) in [4.78, 5) is 11.8. The molecule has 0 aliphatic heterocycles. The summed E-state index contributed by atoms with van der Waals surface area (Å²) in [6.07, 6.45) is 6.77. The molecule has 0 bridgehead atoms. The van der Waals surface area contributed by atoms with Crippen LogP contribution in [0, 0.1) is 5.92 Å². The molecule has 20 heavy (non-hydrogen) atoms. The number of nitrogens with one attached hydrogen (secondary N) is 1. The summed E-state index contributed by atoms with van der Waals surface area (Å²) in [5.41, 5.74) is 1.09. The molecule has 1 aliphatic carbocycles. The van der Waals surface area contributed by atoms with Gasteiger partial charge < -0.3 is 10.1 Å². The van der Waals surface area contributed by atoms with E-state index in [0.29, 0.717) is 18.9 Å². The molecule has 0 heterocycles. The van der Waals surface area contributed by atoms with Crippen LogP contribution in [-0.2, 0) is 9.53 Å². The number of rotatable bonds is 6. The quantitative estimate of drug-likeness (QED) is 0.797. The van der Waals surface area contributed by atoms with Gasteiger partial charge in [-0.05, 0) is 37.8 Å². The molecule has 1 fully saturated rings. The van der Waals surface area contributed by atoms with Gasteiger partial charge in [0.2, 0.25) is 0 Å². The molecule has 0 amide bonds. The van der Waals surface area contributed by atoms with Crippen LogP contribution in [0.15, 0.2) is 30.3 Å². The fourth-order valence-electron chi connectivity index (χ4n) is 3.02. The third-order valence-corrected chi connectivity index (χ3v) is 4.04. The van der Waals surface area contributed by atoms with Crippen LogP contribution >= 0.6 is 0 Å². The maximum Gasteiger partial charge on any atom is 0.307 e. The molecular formula is C17H25NO2. The van der Waals surface area contributed by atoms with Gasteiger partial charge in [-0.1, -0.05) is 37.5 Å². The molecule has 1 aromatic carbocycles. The summed E-state index contributed by atoms with van der Waals surface area (Å²) in [7, 11) is 0. The van der Waals surface area contributed by atoms with E-state index in [9.17, 15) is 4.79 Å². The Morgan fingerprint density at radius 3 is 2.60 bits per heavy atom. The first-order valence-corrected chi connectivity index (χ1v) is 7.77. The summed E-state index contributed by atoms with van der Waals surface area (Å²) in [6, 6.07) is 10.3. The number of hydrogen-bond donors (Lipinski definition) is 1. The van der Waals surface area contributed by atoms with Gasteiger partial charge in [-0.25, -0.2) is 0 Å². The monoisotopic (exact) mass is 275 g/mol. The van der Waals surface area contributed by atoms with Gasteiger partial charge >= 0.3 is 5.97 Å². The molecule has 0 saturated heterocycles. The van der Waals surface area contributed by atoms with Crippen LogP contribution in [0.3, 0.4) is 0 Å². The van der Waals surface area contributed by atoms with Crippen molar-refractivity contribution in [1.29, 1.82) is 0 Å². The maximum absolute atomic E-state index is 11.8. The minimum absolute atomic E-state index is 0.0912. The number of benzene rings is 1. The van der Waals surface area contributed by atoms with Gasteiger partial charge in [0.25, 0.3) is 0 Å². The first kappa shape index (κ1) is 14.9. The van der Waals surface area contributed by atoms with E-state index in [0.717, 1.165) is 5.69 Å². The second-order valence-electron chi connectivity index (χ2n) is 5.52. The second kappa shape index (κ2) is 7.93. The van der Waals surface area contributed by atoms with Crippen LogP contribution in [0.25, 0.3) is 0 Å². The van der Waals surface area contributed by atoms with E-state index in [-0.39, 0.29) is 12.0 Å². The van der Waals surface area contributed by atoms with Gasteiger partial charge in [0.1, 0.15) is 0 Å². The normalized spacial score (nSPS) is 17.4. The van der Waals surface area contributed by atoms with Crippen LogP contribution < -0.4 is 5.32 Å². The van der Waals surface area contributed by atoms with Crippen LogP contribution in [0.5, 0.6) is 0 Å². The molecule has 1 saturated carbocycles. The molecule has 1 aromatic rings. The molecule has 1 N–H and O–H groups in total. The Labute approximate surface area is 121 Å². The Morgan fingerprint density at radius 2 is 1.95 bits per heavy atom. The minimum atomic E-state index is -0.0912. The first-order valence-electron chi connectivity index (χ1n) is 7.77. The fourth-order valence-corrected chi connectivity index (χ4v) is 3.02. The maximum atomic E-state index is 11.8. The van der Waals surface area contributed by atoms with Gasteiger partial charge in [0, 0.05) is 11.7 Å². The molecule has 0 radical (unpaired) electrons.